The van der Waals surface area contributed by atoms with Crippen LogP contribution >= 0.6 is 0 Å². The lowest BCUT2D eigenvalue weighted by Crippen LogP contribution is -2.20. The molecule has 0 bridgehead atoms. The van der Waals surface area contributed by atoms with Gasteiger partial charge in [-0.1, -0.05) is 39.0 Å². The van der Waals surface area contributed by atoms with Crippen molar-refractivity contribution >= 4 is 11.6 Å². The smallest absolute Gasteiger partial charge is 0.262 e. The summed E-state index contributed by atoms with van der Waals surface area (Å²) in [5.74, 6) is 1.08. The van der Waals surface area contributed by atoms with E-state index in [9.17, 15) is 4.79 Å². The minimum Gasteiger partial charge on any atom is -0.495 e. The van der Waals surface area contributed by atoms with E-state index >= 15 is 0 Å². The first-order valence-electron chi connectivity index (χ1n) is 7.97. The molecule has 0 aromatic heterocycles. The number of carbonyl (C=O) groups is 1. The summed E-state index contributed by atoms with van der Waals surface area (Å²) in [5.41, 5.74) is 3.01. The van der Waals surface area contributed by atoms with Crippen molar-refractivity contribution in [2.45, 2.75) is 33.1 Å². The van der Waals surface area contributed by atoms with Crippen LogP contribution in [-0.2, 0) is 10.2 Å². The van der Waals surface area contributed by atoms with E-state index in [0.717, 1.165) is 5.56 Å². The second-order valence-corrected chi connectivity index (χ2v) is 6.81. The SMILES string of the molecule is COc1ccc(C)cc1NC(=O)COc1ccc(C(C)(C)C)cc1. The standard InChI is InChI=1S/C20H25NO3/c1-14-6-11-18(23-5)17(12-14)21-19(22)13-24-16-9-7-15(8-10-16)20(2,3)4/h6-12H,13H2,1-5H3,(H,21,22). The topological polar surface area (TPSA) is 47.6 Å². The van der Waals surface area contributed by atoms with Crippen LogP contribution in [0.15, 0.2) is 42.5 Å². The molecule has 0 atom stereocenters. The zero-order chi connectivity index (χ0) is 17.7. The van der Waals surface area contributed by atoms with E-state index in [0.29, 0.717) is 17.2 Å². The lowest BCUT2D eigenvalue weighted by atomic mass is 9.87. The number of methoxy groups -OCH3 is 1. The van der Waals surface area contributed by atoms with E-state index in [4.69, 9.17) is 9.47 Å². The van der Waals surface area contributed by atoms with Gasteiger partial charge in [0, 0.05) is 0 Å². The molecule has 2 rings (SSSR count). The number of ether oxygens (including phenoxy) is 2. The molecule has 0 fully saturated rings. The lowest BCUT2D eigenvalue weighted by Gasteiger charge is -2.19. The number of hydrogen-bond acceptors (Lipinski definition) is 3. The van der Waals surface area contributed by atoms with Crippen LogP contribution in [0.5, 0.6) is 11.5 Å². The van der Waals surface area contributed by atoms with Gasteiger partial charge in [0.15, 0.2) is 6.61 Å². The maximum absolute atomic E-state index is 12.1. The first-order valence-corrected chi connectivity index (χ1v) is 7.97. The van der Waals surface area contributed by atoms with Gasteiger partial charge in [-0.3, -0.25) is 4.79 Å². The van der Waals surface area contributed by atoms with Gasteiger partial charge in [-0.05, 0) is 47.7 Å². The van der Waals surface area contributed by atoms with Crippen LogP contribution in [0.1, 0.15) is 31.9 Å². The Labute approximate surface area is 143 Å². The van der Waals surface area contributed by atoms with E-state index in [1.807, 2.05) is 49.4 Å². The monoisotopic (exact) mass is 327 g/mol. The highest BCUT2D eigenvalue weighted by atomic mass is 16.5. The Morgan fingerprint density at radius 3 is 2.33 bits per heavy atom. The van der Waals surface area contributed by atoms with Crippen LogP contribution in [0.2, 0.25) is 0 Å². The average molecular weight is 327 g/mol. The van der Waals surface area contributed by atoms with Crippen molar-refractivity contribution in [1.82, 2.24) is 0 Å². The van der Waals surface area contributed by atoms with Gasteiger partial charge in [-0.15, -0.1) is 0 Å². The van der Waals surface area contributed by atoms with Crippen LogP contribution in [0, 0.1) is 6.92 Å². The van der Waals surface area contributed by atoms with Crippen LogP contribution < -0.4 is 14.8 Å². The fourth-order valence-corrected chi connectivity index (χ4v) is 2.31. The first-order chi connectivity index (χ1) is 11.3. The third-order valence-electron chi connectivity index (χ3n) is 3.72. The van der Waals surface area contributed by atoms with Crippen molar-refractivity contribution in [3.05, 3.63) is 53.6 Å². The number of benzene rings is 2. The van der Waals surface area contributed by atoms with Gasteiger partial charge in [0.1, 0.15) is 11.5 Å². The molecule has 24 heavy (non-hydrogen) atoms. The molecule has 4 heteroatoms. The van der Waals surface area contributed by atoms with Crippen LogP contribution in [0.25, 0.3) is 0 Å². The van der Waals surface area contributed by atoms with E-state index in [2.05, 4.69) is 26.1 Å². The molecular formula is C20H25NO3. The molecule has 0 radical (unpaired) electrons. The van der Waals surface area contributed by atoms with Crippen molar-refractivity contribution in [3.63, 3.8) is 0 Å². The molecule has 0 heterocycles. The number of nitrogens with one attached hydrogen (secondary N) is 1. The average Bonchev–Trinajstić information content (AvgIpc) is 2.53. The number of hydrogen-bond donors (Lipinski definition) is 1. The number of carbonyl (C=O) groups excluding carboxylic acids is 1. The molecule has 0 aliphatic carbocycles. The minimum absolute atomic E-state index is 0.0496. The summed E-state index contributed by atoms with van der Waals surface area (Å²) in [6.45, 7) is 8.39. The highest BCUT2D eigenvalue weighted by molar-refractivity contribution is 5.93. The molecular weight excluding hydrogens is 302 g/mol. The largest absolute Gasteiger partial charge is 0.495 e. The zero-order valence-corrected chi connectivity index (χ0v) is 15.0. The maximum atomic E-state index is 12.1. The van der Waals surface area contributed by atoms with E-state index in [-0.39, 0.29) is 17.9 Å². The third-order valence-corrected chi connectivity index (χ3v) is 3.72. The number of anilines is 1. The molecule has 0 saturated carbocycles. The van der Waals surface area contributed by atoms with Gasteiger partial charge in [-0.25, -0.2) is 0 Å². The second kappa shape index (κ2) is 7.39. The molecule has 0 spiro atoms. The maximum Gasteiger partial charge on any atom is 0.262 e. The normalized spacial score (nSPS) is 11.0. The van der Waals surface area contributed by atoms with E-state index in [1.54, 1.807) is 7.11 Å². The molecule has 0 unspecified atom stereocenters. The molecule has 128 valence electrons. The molecule has 0 aliphatic heterocycles. The van der Waals surface area contributed by atoms with Crippen molar-refractivity contribution in [1.29, 1.82) is 0 Å². The molecule has 2 aromatic rings. The summed E-state index contributed by atoms with van der Waals surface area (Å²) in [6.07, 6.45) is 0. The summed E-state index contributed by atoms with van der Waals surface area (Å²) in [6, 6.07) is 13.5. The Morgan fingerprint density at radius 2 is 1.75 bits per heavy atom. The van der Waals surface area contributed by atoms with Crippen molar-refractivity contribution < 1.29 is 14.3 Å². The molecule has 0 saturated heterocycles. The van der Waals surface area contributed by atoms with Gasteiger partial charge in [0.2, 0.25) is 0 Å². The zero-order valence-electron chi connectivity index (χ0n) is 15.0. The van der Waals surface area contributed by atoms with Crippen LogP contribution in [0.3, 0.4) is 0 Å². The van der Waals surface area contributed by atoms with Crippen molar-refractivity contribution in [2.75, 3.05) is 19.0 Å². The first kappa shape index (κ1) is 17.9. The Bertz CT molecular complexity index is 700. The fourth-order valence-electron chi connectivity index (χ4n) is 2.31. The molecule has 1 N–H and O–H groups in total. The lowest BCUT2D eigenvalue weighted by molar-refractivity contribution is -0.118. The van der Waals surface area contributed by atoms with Crippen molar-refractivity contribution in [2.24, 2.45) is 0 Å². The van der Waals surface area contributed by atoms with E-state index < -0.39 is 0 Å². The molecule has 4 nitrogen and oxygen atoms in total. The van der Waals surface area contributed by atoms with Gasteiger partial charge < -0.3 is 14.8 Å². The van der Waals surface area contributed by atoms with E-state index in [1.165, 1.54) is 5.56 Å². The number of rotatable bonds is 5. The van der Waals surface area contributed by atoms with Crippen LogP contribution in [-0.4, -0.2) is 19.6 Å². The minimum atomic E-state index is -0.223. The Balaban J connectivity index is 1.95. The Morgan fingerprint density at radius 1 is 1.08 bits per heavy atom. The van der Waals surface area contributed by atoms with Crippen molar-refractivity contribution in [3.8, 4) is 11.5 Å². The van der Waals surface area contributed by atoms with Gasteiger partial charge in [0.25, 0.3) is 5.91 Å². The third kappa shape index (κ3) is 4.75. The summed E-state index contributed by atoms with van der Waals surface area (Å²) in [7, 11) is 1.58. The number of aryl methyl sites for hydroxylation is 1. The molecule has 1 amide bonds. The Kier molecular flexibility index (Phi) is 5.50. The van der Waals surface area contributed by atoms with Crippen LogP contribution in [0.4, 0.5) is 5.69 Å². The van der Waals surface area contributed by atoms with Gasteiger partial charge in [0.05, 0.1) is 12.8 Å². The number of amides is 1. The molecule has 2 aromatic carbocycles. The summed E-state index contributed by atoms with van der Waals surface area (Å²) < 4.78 is 10.8. The molecule has 0 aliphatic rings. The highest BCUT2D eigenvalue weighted by Gasteiger charge is 2.13. The summed E-state index contributed by atoms with van der Waals surface area (Å²) >= 11 is 0. The summed E-state index contributed by atoms with van der Waals surface area (Å²) in [4.78, 5) is 12.1. The second-order valence-electron chi connectivity index (χ2n) is 6.81. The summed E-state index contributed by atoms with van der Waals surface area (Å²) in [5, 5.41) is 2.82. The highest BCUT2D eigenvalue weighted by Crippen LogP contribution is 2.26. The van der Waals surface area contributed by atoms with Gasteiger partial charge in [-0.2, -0.15) is 0 Å². The quantitative estimate of drug-likeness (QED) is 0.890. The predicted molar refractivity (Wildman–Crippen MR) is 97.0 cm³/mol. The Hall–Kier alpha value is -2.49. The fraction of sp³-hybridized carbons (Fsp3) is 0.350. The predicted octanol–water partition coefficient (Wildman–Crippen LogP) is 4.32. The van der Waals surface area contributed by atoms with Gasteiger partial charge >= 0.3 is 0 Å².